The van der Waals surface area contributed by atoms with E-state index in [1.165, 1.54) is 6.07 Å². The van der Waals surface area contributed by atoms with Crippen molar-refractivity contribution < 1.29 is 12.8 Å². The molecule has 1 aromatic carbocycles. The minimum absolute atomic E-state index is 0.0954. The second-order valence-corrected chi connectivity index (χ2v) is 7.39. The van der Waals surface area contributed by atoms with Crippen molar-refractivity contribution in [1.82, 2.24) is 9.71 Å². The molecule has 5 nitrogen and oxygen atoms in total. The highest BCUT2D eigenvalue weighted by atomic mass is 35.5. The number of aryl methyl sites for hydroxylation is 1. The van der Waals surface area contributed by atoms with E-state index in [9.17, 15) is 8.42 Å². The molecule has 0 aliphatic carbocycles. The number of sulfonamides is 1. The molecule has 124 valence electrons. The number of pyridine rings is 1. The third-order valence-electron chi connectivity index (χ3n) is 3.54. The monoisotopic (exact) mass is 362 g/mol. The SMILES string of the molecule is Cc1ccc(Cl)cc1S(=O)(=O)NCc1cccnc1-c1ccco1. The van der Waals surface area contributed by atoms with E-state index in [2.05, 4.69) is 9.71 Å². The summed E-state index contributed by atoms with van der Waals surface area (Å²) >= 11 is 5.92. The molecule has 24 heavy (non-hydrogen) atoms. The van der Waals surface area contributed by atoms with Crippen LogP contribution in [0.3, 0.4) is 0 Å². The maximum Gasteiger partial charge on any atom is 0.241 e. The Morgan fingerprint density at radius 3 is 2.79 bits per heavy atom. The van der Waals surface area contributed by atoms with Crippen LogP contribution in [0.15, 0.2) is 64.2 Å². The zero-order valence-corrected chi connectivity index (χ0v) is 14.4. The second-order valence-electron chi connectivity index (χ2n) is 5.22. The van der Waals surface area contributed by atoms with Gasteiger partial charge in [-0.25, -0.2) is 13.1 Å². The van der Waals surface area contributed by atoms with E-state index in [1.54, 1.807) is 55.8 Å². The lowest BCUT2D eigenvalue weighted by atomic mass is 10.1. The van der Waals surface area contributed by atoms with Gasteiger partial charge in [0.1, 0.15) is 5.69 Å². The normalized spacial score (nSPS) is 11.6. The van der Waals surface area contributed by atoms with Gasteiger partial charge in [-0.3, -0.25) is 4.98 Å². The molecule has 0 unspecified atom stereocenters. The number of nitrogens with zero attached hydrogens (tertiary/aromatic N) is 1. The van der Waals surface area contributed by atoms with Crippen LogP contribution < -0.4 is 4.72 Å². The van der Waals surface area contributed by atoms with Crippen LogP contribution in [-0.2, 0) is 16.6 Å². The zero-order valence-electron chi connectivity index (χ0n) is 12.9. The van der Waals surface area contributed by atoms with Gasteiger partial charge < -0.3 is 4.42 Å². The summed E-state index contributed by atoms with van der Waals surface area (Å²) in [6.07, 6.45) is 3.18. The van der Waals surface area contributed by atoms with Crippen LogP contribution in [0, 0.1) is 6.92 Å². The summed E-state index contributed by atoms with van der Waals surface area (Å²) in [7, 11) is -3.69. The molecule has 0 aliphatic rings. The fourth-order valence-corrected chi connectivity index (χ4v) is 3.84. The first-order valence-corrected chi connectivity index (χ1v) is 9.07. The Balaban J connectivity index is 1.87. The predicted molar refractivity (Wildman–Crippen MR) is 92.2 cm³/mol. The Morgan fingerprint density at radius 1 is 1.21 bits per heavy atom. The summed E-state index contributed by atoms with van der Waals surface area (Å²) in [6, 6.07) is 11.9. The first-order valence-electron chi connectivity index (χ1n) is 7.21. The summed E-state index contributed by atoms with van der Waals surface area (Å²) in [6.45, 7) is 1.82. The van der Waals surface area contributed by atoms with Crippen molar-refractivity contribution in [3.05, 3.63) is 71.1 Å². The van der Waals surface area contributed by atoms with Crippen LogP contribution in [0.4, 0.5) is 0 Å². The van der Waals surface area contributed by atoms with Gasteiger partial charge in [0.25, 0.3) is 0 Å². The van der Waals surface area contributed by atoms with E-state index in [-0.39, 0.29) is 11.4 Å². The van der Waals surface area contributed by atoms with E-state index in [1.807, 2.05) is 0 Å². The van der Waals surface area contributed by atoms with Crippen molar-refractivity contribution in [2.24, 2.45) is 0 Å². The molecule has 2 aromatic heterocycles. The molecule has 0 saturated heterocycles. The van der Waals surface area contributed by atoms with Crippen molar-refractivity contribution in [1.29, 1.82) is 0 Å². The molecular weight excluding hydrogens is 348 g/mol. The highest BCUT2D eigenvalue weighted by Gasteiger charge is 2.18. The van der Waals surface area contributed by atoms with Gasteiger partial charge in [-0.2, -0.15) is 0 Å². The van der Waals surface area contributed by atoms with Gasteiger partial charge in [0.2, 0.25) is 10.0 Å². The van der Waals surface area contributed by atoms with Crippen LogP contribution in [0.25, 0.3) is 11.5 Å². The zero-order chi connectivity index (χ0) is 17.2. The molecule has 2 heterocycles. The first-order chi connectivity index (χ1) is 11.5. The van der Waals surface area contributed by atoms with Crippen molar-refractivity contribution in [3.8, 4) is 11.5 Å². The minimum atomic E-state index is -3.69. The third-order valence-corrected chi connectivity index (χ3v) is 5.32. The van der Waals surface area contributed by atoms with Crippen LogP contribution in [0.1, 0.15) is 11.1 Å². The number of rotatable bonds is 5. The summed E-state index contributed by atoms with van der Waals surface area (Å²) in [5, 5.41) is 0.374. The second kappa shape index (κ2) is 6.76. The average Bonchev–Trinajstić information content (AvgIpc) is 3.10. The van der Waals surface area contributed by atoms with Crippen LogP contribution in [0.2, 0.25) is 5.02 Å². The average molecular weight is 363 g/mol. The number of benzene rings is 1. The Labute approximate surface area is 145 Å². The van der Waals surface area contributed by atoms with E-state index in [0.29, 0.717) is 22.0 Å². The largest absolute Gasteiger partial charge is 0.463 e. The standard InChI is InChI=1S/C17H15ClN2O3S/c1-12-6-7-14(18)10-16(12)24(21,22)20-11-13-4-2-8-19-17(13)15-5-3-9-23-15/h2-10,20H,11H2,1H3. The molecular formula is C17H15ClN2O3S. The van der Waals surface area contributed by atoms with Gasteiger partial charge in [-0.15, -0.1) is 0 Å². The number of nitrogens with one attached hydrogen (secondary N) is 1. The van der Waals surface area contributed by atoms with Gasteiger partial charge in [0.15, 0.2) is 5.76 Å². The molecule has 0 fully saturated rings. The van der Waals surface area contributed by atoms with E-state index < -0.39 is 10.0 Å². The number of aromatic nitrogens is 1. The number of hydrogen-bond acceptors (Lipinski definition) is 4. The van der Waals surface area contributed by atoms with Gasteiger partial charge in [0.05, 0.1) is 11.2 Å². The minimum Gasteiger partial charge on any atom is -0.463 e. The lowest BCUT2D eigenvalue weighted by Gasteiger charge is -2.11. The Hall–Kier alpha value is -2.15. The topological polar surface area (TPSA) is 72.2 Å². The lowest BCUT2D eigenvalue weighted by molar-refractivity contribution is 0.575. The summed E-state index contributed by atoms with van der Waals surface area (Å²) in [5.41, 5.74) is 1.95. The van der Waals surface area contributed by atoms with E-state index in [0.717, 1.165) is 5.56 Å². The molecule has 3 aromatic rings. The predicted octanol–water partition coefficient (Wildman–Crippen LogP) is 3.78. The number of halogens is 1. The molecule has 1 N–H and O–H groups in total. The quantitative estimate of drug-likeness (QED) is 0.749. The van der Waals surface area contributed by atoms with Crippen molar-refractivity contribution in [2.75, 3.05) is 0 Å². The highest BCUT2D eigenvalue weighted by molar-refractivity contribution is 7.89. The molecule has 0 saturated carbocycles. The molecule has 0 bridgehead atoms. The summed E-state index contributed by atoms with van der Waals surface area (Å²) in [4.78, 5) is 4.44. The van der Waals surface area contributed by atoms with Gasteiger partial charge in [-0.05, 0) is 48.4 Å². The Morgan fingerprint density at radius 2 is 2.04 bits per heavy atom. The molecule has 0 aliphatic heterocycles. The fourth-order valence-electron chi connectivity index (χ4n) is 2.33. The van der Waals surface area contributed by atoms with Crippen molar-refractivity contribution in [2.45, 2.75) is 18.4 Å². The van der Waals surface area contributed by atoms with Crippen molar-refractivity contribution >= 4 is 21.6 Å². The Kier molecular flexibility index (Phi) is 4.71. The molecule has 0 atom stereocenters. The molecule has 0 amide bonds. The number of furan rings is 1. The van der Waals surface area contributed by atoms with Crippen molar-refractivity contribution in [3.63, 3.8) is 0 Å². The third kappa shape index (κ3) is 3.51. The fraction of sp³-hybridized carbons (Fsp3) is 0.118. The first kappa shape index (κ1) is 16.7. The summed E-state index contributed by atoms with van der Waals surface area (Å²) in [5.74, 6) is 0.587. The van der Waals surface area contributed by atoms with Crippen LogP contribution in [-0.4, -0.2) is 13.4 Å². The maximum atomic E-state index is 12.6. The Bertz CT molecular complexity index is 954. The lowest BCUT2D eigenvalue weighted by Crippen LogP contribution is -2.24. The molecule has 3 rings (SSSR count). The molecule has 0 radical (unpaired) electrons. The molecule has 0 spiro atoms. The molecule has 7 heteroatoms. The van der Waals surface area contributed by atoms with Gasteiger partial charge >= 0.3 is 0 Å². The van der Waals surface area contributed by atoms with Crippen LogP contribution in [0.5, 0.6) is 0 Å². The number of hydrogen-bond donors (Lipinski definition) is 1. The van der Waals surface area contributed by atoms with Gasteiger partial charge in [0, 0.05) is 17.8 Å². The van der Waals surface area contributed by atoms with E-state index in [4.69, 9.17) is 16.0 Å². The summed E-state index contributed by atoms with van der Waals surface area (Å²) < 4.78 is 33.1. The van der Waals surface area contributed by atoms with Gasteiger partial charge in [-0.1, -0.05) is 23.7 Å². The smallest absolute Gasteiger partial charge is 0.241 e. The highest BCUT2D eigenvalue weighted by Crippen LogP contribution is 2.23. The van der Waals surface area contributed by atoms with E-state index >= 15 is 0 Å². The van der Waals surface area contributed by atoms with Crippen LogP contribution >= 0.6 is 11.6 Å². The maximum absolute atomic E-state index is 12.6.